The van der Waals surface area contributed by atoms with Crippen LogP contribution in [0.2, 0.25) is 0 Å². The van der Waals surface area contributed by atoms with E-state index in [1.54, 1.807) is 9.13 Å². The summed E-state index contributed by atoms with van der Waals surface area (Å²) in [5.41, 5.74) is 22.3. The number of fused-ring (bicyclic) bond motifs is 14. The van der Waals surface area contributed by atoms with Crippen LogP contribution in [0.15, 0.2) is 361 Å². The fraction of sp³-hybridized carbons (Fsp3) is 0.111. The molecule has 0 spiro atoms. The van der Waals surface area contributed by atoms with E-state index < -0.39 is 121 Å². The number of hydrogen-bond acceptors (Lipinski definition) is 4. The summed E-state index contributed by atoms with van der Waals surface area (Å²) in [7, 11) is 0. The molecular formula is C108H85B2N5S. The van der Waals surface area contributed by atoms with Crippen LogP contribution in [-0.2, 0) is 16.2 Å². The van der Waals surface area contributed by atoms with Gasteiger partial charge in [0.25, 0.3) is 6.71 Å². The lowest BCUT2D eigenvalue weighted by Crippen LogP contribution is -2.64. The van der Waals surface area contributed by atoms with E-state index in [-0.39, 0.29) is 49.0 Å². The maximum atomic E-state index is 10.2. The first-order valence-electron chi connectivity index (χ1n) is 47.6. The van der Waals surface area contributed by atoms with Crippen molar-refractivity contribution in [1.82, 2.24) is 9.13 Å². The lowest BCUT2D eigenvalue weighted by atomic mass is 9.31. The number of nitrogens with zero attached hydrogens (tertiary/aromatic N) is 5. The van der Waals surface area contributed by atoms with Crippen molar-refractivity contribution in [1.29, 1.82) is 0 Å². The second-order valence-electron chi connectivity index (χ2n) is 34.0. The molecule has 554 valence electrons. The van der Waals surface area contributed by atoms with Crippen molar-refractivity contribution >= 4 is 153 Å². The van der Waals surface area contributed by atoms with Crippen LogP contribution in [0.3, 0.4) is 0 Å². The third-order valence-electron chi connectivity index (χ3n) is 24.1. The maximum absolute atomic E-state index is 10.2. The molecule has 116 heavy (non-hydrogen) atoms. The molecule has 0 radical (unpaired) electrons. The average molecular weight is 1520 g/mol. The summed E-state index contributed by atoms with van der Waals surface area (Å²) < 4.78 is 158. The molecule has 0 saturated heterocycles. The number of rotatable bonds is 9. The molecule has 0 unspecified atom stereocenters. The Morgan fingerprint density at radius 1 is 0.267 bits per heavy atom. The monoisotopic (exact) mass is 1520 g/mol. The Balaban J connectivity index is 0.934. The molecule has 6 heterocycles. The molecule has 0 fully saturated rings. The van der Waals surface area contributed by atoms with Gasteiger partial charge in [0, 0.05) is 99.1 Å². The Morgan fingerprint density at radius 2 is 0.612 bits per heavy atom. The van der Waals surface area contributed by atoms with E-state index in [0.29, 0.717) is 28.4 Å². The Hall–Kier alpha value is -13.0. The zero-order chi connectivity index (χ0) is 92.1. The molecule has 0 N–H and O–H groups in total. The quantitative estimate of drug-likeness (QED) is 0.134. The van der Waals surface area contributed by atoms with E-state index >= 15 is 0 Å². The van der Waals surface area contributed by atoms with Gasteiger partial charge in [0.05, 0.1) is 61.1 Å². The summed E-state index contributed by atoms with van der Waals surface area (Å²) in [6.07, 6.45) is 0. The molecule has 18 aromatic rings. The zero-order valence-corrected chi connectivity index (χ0v) is 66.4. The van der Waals surface area contributed by atoms with Gasteiger partial charge in [-0.25, -0.2) is 0 Å². The Labute approximate surface area is 707 Å². The summed E-state index contributed by atoms with van der Waals surface area (Å²) in [6.45, 7) is 18.6. The smallest absolute Gasteiger partial charge is 0.252 e. The number of hydrogen-bond donors (Lipinski definition) is 0. The molecule has 4 aliphatic rings. The SMILES string of the molecule is [2H]c1c([2H])c([2H])c2c(c1[2H])c1c([2H])c([2H])c([2H])c([2H])c1n2-c1cc2c3c(c1)N(c1c(-c4ccccc4)cccc1-c1ccccc1)c1cc(C(C)(C)C)ccc1B3c1cc3c(cc1S2)N(c1c(-c2ccccc2)cccc1-c1ccccc1)c1cc(-n2c4c([2H])c([2H])c([2H])c([2H])c4c4c([2H])c([2H])c([2H])c([2H])c42)cc2c1B3c1ccc(C(C)(C)C)cc1N2c1ccc(C(C)(C)C)cc1. The van der Waals surface area contributed by atoms with E-state index in [1.807, 2.05) is 84.9 Å². The van der Waals surface area contributed by atoms with Gasteiger partial charge in [-0.15, -0.1) is 0 Å². The van der Waals surface area contributed by atoms with Crippen molar-refractivity contribution in [3.63, 3.8) is 0 Å². The van der Waals surface area contributed by atoms with Crippen molar-refractivity contribution in [2.24, 2.45) is 0 Å². The average Bonchev–Trinajstić information content (AvgIpc) is 0.949. The summed E-state index contributed by atoms with van der Waals surface area (Å²) in [5.74, 6) is 0. The van der Waals surface area contributed by atoms with E-state index in [4.69, 9.17) is 0 Å². The van der Waals surface area contributed by atoms with Crippen molar-refractivity contribution in [2.45, 2.75) is 88.3 Å². The van der Waals surface area contributed by atoms with Gasteiger partial charge in [-0.1, -0.05) is 352 Å². The summed E-state index contributed by atoms with van der Waals surface area (Å²) in [5, 5.41) is -0.239. The van der Waals surface area contributed by atoms with Crippen LogP contribution in [0.25, 0.3) is 99.5 Å². The minimum Gasteiger partial charge on any atom is -0.311 e. The first-order valence-corrected chi connectivity index (χ1v) is 40.5. The molecular weight excluding hydrogens is 1420 g/mol. The summed E-state index contributed by atoms with van der Waals surface area (Å²) in [4.78, 5) is 8.62. The number of aromatic nitrogens is 2. The number of anilines is 9. The molecule has 22 rings (SSSR count). The van der Waals surface area contributed by atoms with Gasteiger partial charge in [0.15, 0.2) is 0 Å². The molecule has 0 amide bonds. The van der Waals surface area contributed by atoms with Gasteiger partial charge in [-0.05, 0) is 161 Å². The third-order valence-corrected chi connectivity index (χ3v) is 25.2. The van der Waals surface area contributed by atoms with Crippen LogP contribution in [0, 0.1) is 0 Å². The largest absolute Gasteiger partial charge is 0.311 e. The molecule has 5 nitrogen and oxygen atoms in total. The van der Waals surface area contributed by atoms with Crippen molar-refractivity contribution in [3.05, 3.63) is 368 Å². The lowest BCUT2D eigenvalue weighted by molar-refractivity contribution is 0.590. The molecule has 16 aromatic carbocycles. The van der Waals surface area contributed by atoms with Crippen LogP contribution in [0.1, 0.15) is 101 Å². The molecule has 0 aliphatic carbocycles. The molecule has 2 aromatic heterocycles. The lowest BCUT2D eigenvalue weighted by Gasteiger charge is -2.47. The normalized spacial score (nSPS) is 15.4. The van der Waals surface area contributed by atoms with Crippen molar-refractivity contribution in [2.75, 3.05) is 14.7 Å². The first kappa shape index (κ1) is 54.7. The van der Waals surface area contributed by atoms with Gasteiger partial charge < -0.3 is 23.8 Å². The van der Waals surface area contributed by atoms with Gasteiger partial charge in [0.2, 0.25) is 6.71 Å². The van der Waals surface area contributed by atoms with E-state index in [1.165, 1.54) is 11.8 Å². The topological polar surface area (TPSA) is 19.6 Å². The van der Waals surface area contributed by atoms with E-state index in [2.05, 4.69) is 247 Å². The summed E-state index contributed by atoms with van der Waals surface area (Å²) in [6, 6.07) is 81.3. The van der Waals surface area contributed by atoms with E-state index in [9.17, 15) is 21.9 Å². The van der Waals surface area contributed by atoms with Crippen molar-refractivity contribution < 1.29 is 21.9 Å². The minimum absolute atomic E-state index is 0.0294. The van der Waals surface area contributed by atoms with Crippen LogP contribution in [-0.4, -0.2) is 22.6 Å². The highest BCUT2D eigenvalue weighted by Gasteiger charge is 2.49. The predicted octanol–water partition coefficient (Wildman–Crippen LogP) is 25.3. The molecule has 4 aliphatic heterocycles. The molecule has 0 atom stereocenters. The molecule has 0 bridgehead atoms. The molecule has 0 saturated carbocycles. The highest BCUT2D eigenvalue weighted by Crippen LogP contribution is 2.56. The van der Waals surface area contributed by atoms with Crippen LogP contribution < -0.4 is 47.5 Å². The molecule has 8 heteroatoms. The third kappa shape index (κ3) is 10.9. The second kappa shape index (κ2) is 26.3. The zero-order valence-electron chi connectivity index (χ0n) is 81.5. The van der Waals surface area contributed by atoms with Crippen LogP contribution in [0.5, 0.6) is 0 Å². The van der Waals surface area contributed by atoms with Crippen LogP contribution in [0.4, 0.5) is 51.2 Å². The number of para-hydroxylation sites is 6. The predicted molar refractivity (Wildman–Crippen MR) is 497 cm³/mol. The van der Waals surface area contributed by atoms with Gasteiger partial charge in [-0.2, -0.15) is 0 Å². The standard InChI is InChI=1S/C108H85B2N5S/c1-106(2,3)72-52-56-75(57-53-72)111-94-60-73(107(4,5)6)54-58-86(94)109-88-66-89-100(67-96(88)115(105-80(70-36-18-12-19-37-70)46-31-47-81(105)71-38-20-13-21-39-71)98-63-76(62-97(111)102(98)109)112-90-48-26-22-40-82(90)83-41-23-27-49-91(83)112)116-101-65-77(113-92-50-28-24-42-84(92)85-43-25-29-51-93(85)113)64-99-103(101)110(89)87-59-55-74(108(7,8)9)61-95(87)114(99)104-78(68-32-14-10-15-33-68)44-30-45-79(104)69-34-16-11-17-35-69/h10-67H,1-9H3/i22D,23D,24D,25D,26D,27D,28D,29D,40D,41D,42D,43D,48D,49D,50D,51D. The Morgan fingerprint density at radius 3 is 1.02 bits per heavy atom. The fourth-order valence-electron chi connectivity index (χ4n) is 18.6. The Bertz CT molecular complexity index is 7820. The van der Waals surface area contributed by atoms with Gasteiger partial charge in [-0.3, -0.25) is 0 Å². The summed E-state index contributed by atoms with van der Waals surface area (Å²) >= 11 is 1.54. The van der Waals surface area contributed by atoms with Crippen molar-refractivity contribution in [3.8, 4) is 55.9 Å². The van der Waals surface area contributed by atoms with Crippen LogP contribution >= 0.6 is 11.8 Å². The number of benzene rings is 16. The fourth-order valence-corrected chi connectivity index (χ4v) is 19.8. The minimum atomic E-state index is -0.650. The highest BCUT2D eigenvalue weighted by molar-refractivity contribution is 8.00. The van der Waals surface area contributed by atoms with Gasteiger partial charge in [0.1, 0.15) is 0 Å². The second-order valence-corrected chi connectivity index (χ2v) is 35.1. The first-order chi connectivity index (χ1) is 63.1. The highest BCUT2D eigenvalue weighted by atomic mass is 32.2. The Kier molecular flexibility index (Phi) is 12.4. The maximum Gasteiger partial charge on any atom is 0.252 e. The van der Waals surface area contributed by atoms with Gasteiger partial charge >= 0.3 is 0 Å². The van der Waals surface area contributed by atoms with E-state index in [0.717, 1.165) is 138 Å².